The molecule has 4 heterocycles. The van der Waals surface area contributed by atoms with Crippen LogP contribution in [-0.4, -0.2) is 92.9 Å². The lowest BCUT2D eigenvalue weighted by molar-refractivity contribution is -0.137. The van der Waals surface area contributed by atoms with Crippen molar-refractivity contribution in [2.45, 2.75) is 57.3 Å². The summed E-state index contributed by atoms with van der Waals surface area (Å²) in [7, 11) is 5.16. The van der Waals surface area contributed by atoms with Gasteiger partial charge in [0, 0.05) is 18.7 Å². The minimum Gasteiger partial charge on any atom is -0.453 e. The normalized spacial score (nSPS) is 18.7. The number of carbonyl (C=O) groups excluding carboxylic acids is 3. The van der Waals surface area contributed by atoms with Crippen LogP contribution in [0.3, 0.4) is 0 Å². The summed E-state index contributed by atoms with van der Waals surface area (Å²) in [5.41, 5.74) is 6.84. The number of likely N-dealkylation sites (N-methyl/N-ethyl adjacent to an activating group) is 1. The number of H-pyrrole nitrogens is 2. The molecule has 312 valence electrons. The first-order valence-electron chi connectivity index (χ1n) is 20.8. The minimum atomic E-state index is -0.801. The van der Waals surface area contributed by atoms with Crippen LogP contribution in [0.15, 0.2) is 103 Å². The van der Waals surface area contributed by atoms with E-state index in [2.05, 4.69) is 87.0 Å². The van der Waals surface area contributed by atoms with Gasteiger partial charge in [-0.25, -0.2) is 14.8 Å². The van der Waals surface area contributed by atoms with Gasteiger partial charge in [0.05, 0.1) is 55.0 Å². The van der Waals surface area contributed by atoms with E-state index in [1.165, 1.54) is 7.11 Å². The molecule has 2 aliphatic rings. The number of alkyl carbamates (subject to hydrolysis) is 1. The summed E-state index contributed by atoms with van der Waals surface area (Å²) in [6.45, 7) is 4.67. The van der Waals surface area contributed by atoms with E-state index < -0.39 is 18.2 Å². The van der Waals surface area contributed by atoms with Crippen molar-refractivity contribution in [1.82, 2.24) is 40.0 Å². The summed E-state index contributed by atoms with van der Waals surface area (Å²) in [6.07, 6.45) is 5.18. The molecule has 2 aromatic heterocycles. The van der Waals surface area contributed by atoms with Crippen LogP contribution in [0.1, 0.15) is 68.4 Å². The second kappa shape index (κ2) is 17.4. The highest BCUT2D eigenvalue weighted by molar-refractivity contribution is 5.91. The van der Waals surface area contributed by atoms with E-state index >= 15 is 0 Å². The van der Waals surface area contributed by atoms with Crippen molar-refractivity contribution in [1.29, 1.82) is 5.26 Å². The number of benzene rings is 4. The lowest BCUT2D eigenvalue weighted by Gasteiger charge is -2.31. The van der Waals surface area contributed by atoms with E-state index in [0.717, 1.165) is 68.6 Å². The molecule has 6 aromatic rings. The number of nitriles is 1. The number of amides is 3. The predicted octanol–water partition coefficient (Wildman–Crippen LogP) is 8.05. The Morgan fingerprint density at radius 1 is 0.803 bits per heavy atom. The maximum Gasteiger partial charge on any atom is 0.407 e. The smallest absolute Gasteiger partial charge is 0.407 e. The Kier molecular flexibility index (Phi) is 11.7. The number of nitrogens with zero attached hydrogens (tertiary/aromatic N) is 6. The number of imidazole rings is 2. The molecule has 2 saturated heterocycles. The van der Waals surface area contributed by atoms with Crippen LogP contribution in [0.25, 0.3) is 44.4 Å². The van der Waals surface area contributed by atoms with E-state index in [9.17, 15) is 19.6 Å². The number of hydrogen-bond acceptors (Lipinski definition) is 8. The van der Waals surface area contributed by atoms with E-state index in [1.54, 1.807) is 11.1 Å². The third-order valence-corrected chi connectivity index (χ3v) is 12.1. The molecule has 8 rings (SSSR count). The second-order valence-corrected chi connectivity index (χ2v) is 16.6. The highest BCUT2D eigenvalue weighted by Gasteiger charge is 2.42. The number of likely N-dealkylation sites (tertiary alicyclic amines) is 2. The lowest BCUT2D eigenvalue weighted by atomic mass is 9.98. The van der Waals surface area contributed by atoms with Crippen molar-refractivity contribution in [3.05, 3.63) is 121 Å². The molecule has 0 aliphatic carbocycles. The van der Waals surface area contributed by atoms with Crippen LogP contribution < -0.4 is 5.32 Å². The van der Waals surface area contributed by atoms with Crippen molar-refractivity contribution in [2.75, 3.05) is 34.3 Å². The molecule has 3 amide bonds. The Hall–Kier alpha value is -6.78. The Labute approximate surface area is 355 Å². The van der Waals surface area contributed by atoms with Gasteiger partial charge in [0.1, 0.15) is 23.7 Å². The first kappa shape index (κ1) is 41.0. The fourth-order valence-electron chi connectivity index (χ4n) is 8.82. The first-order chi connectivity index (χ1) is 29.5. The molecule has 13 heteroatoms. The number of nitrogens with one attached hydrogen (secondary N) is 3. The molecule has 2 fully saturated rings. The molecule has 0 saturated carbocycles. The molecule has 13 nitrogen and oxygen atoms in total. The third kappa shape index (κ3) is 8.36. The van der Waals surface area contributed by atoms with Crippen LogP contribution in [0, 0.1) is 23.2 Å². The van der Waals surface area contributed by atoms with E-state index in [0.29, 0.717) is 18.8 Å². The van der Waals surface area contributed by atoms with Gasteiger partial charge in [-0.1, -0.05) is 92.7 Å². The number of fused-ring (bicyclic) bond motifs is 1. The van der Waals surface area contributed by atoms with Gasteiger partial charge in [-0.2, -0.15) is 5.26 Å². The molecule has 1 unspecified atom stereocenters. The molecular weight excluding hydrogens is 767 g/mol. The van der Waals surface area contributed by atoms with Crippen molar-refractivity contribution < 1.29 is 19.1 Å². The van der Waals surface area contributed by atoms with Gasteiger partial charge in [0.2, 0.25) is 11.8 Å². The van der Waals surface area contributed by atoms with Crippen LogP contribution >= 0.6 is 0 Å². The van der Waals surface area contributed by atoms with E-state index in [4.69, 9.17) is 9.72 Å². The zero-order valence-corrected chi connectivity index (χ0v) is 35.1. The van der Waals surface area contributed by atoms with Gasteiger partial charge in [0.15, 0.2) is 0 Å². The number of carbonyl (C=O) groups is 3. The largest absolute Gasteiger partial charge is 0.453 e. The molecule has 4 aromatic carbocycles. The highest BCUT2D eigenvalue weighted by Crippen LogP contribution is 2.38. The van der Waals surface area contributed by atoms with Gasteiger partial charge >= 0.3 is 6.09 Å². The molecule has 2 aliphatic heterocycles. The zero-order valence-electron chi connectivity index (χ0n) is 35.1. The van der Waals surface area contributed by atoms with Gasteiger partial charge in [-0.3, -0.25) is 14.5 Å². The summed E-state index contributed by atoms with van der Waals surface area (Å²) in [5, 5.41) is 14.6. The van der Waals surface area contributed by atoms with Gasteiger partial charge in [-0.05, 0) is 84.4 Å². The minimum absolute atomic E-state index is 0.0902. The number of ether oxygens (including phenoxy) is 1. The lowest BCUT2D eigenvalue weighted by Crippen LogP contribution is -2.51. The summed E-state index contributed by atoms with van der Waals surface area (Å²) in [5.74, 6) is 0.679. The summed E-state index contributed by atoms with van der Waals surface area (Å²) in [6, 6.07) is 31.7. The maximum absolute atomic E-state index is 13.9. The van der Waals surface area contributed by atoms with Crippen molar-refractivity contribution >= 4 is 28.7 Å². The Morgan fingerprint density at radius 3 is 2.05 bits per heavy atom. The molecule has 0 spiro atoms. The number of rotatable bonds is 11. The van der Waals surface area contributed by atoms with Crippen molar-refractivity contribution in [3.63, 3.8) is 0 Å². The predicted molar refractivity (Wildman–Crippen MR) is 233 cm³/mol. The molecule has 0 radical (unpaired) electrons. The van der Waals surface area contributed by atoms with Crippen molar-refractivity contribution in [3.8, 4) is 39.7 Å². The Bertz CT molecular complexity index is 2580. The second-order valence-electron chi connectivity index (χ2n) is 16.6. The first-order valence-corrected chi connectivity index (χ1v) is 20.8. The number of aromatic nitrogens is 4. The average molecular weight is 818 g/mol. The highest BCUT2D eigenvalue weighted by atomic mass is 16.5. The zero-order chi connectivity index (χ0) is 42.8. The summed E-state index contributed by atoms with van der Waals surface area (Å²) in [4.78, 5) is 61.8. The fourth-order valence-corrected chi connectivity index (χ4v) is 8.82. The van der Waals surface area contributed by atoms with E-state index in [1.807, 2.05) is 74.3 Å². The fraction of sp³-hybridized carbons (Fsp3) is 0.333. The molecular formula is C48H51N9O4. The number of methoxy groups -OCH3 is 1. The number of aromatic amines is 2. The standard InChI is InChI=1S/C48H51N9O4/c1-29(2)42(54-48(60)61-5)46(58)57-28-30(25-49)22-41(57)45-51-27-39(53-45)37-20-19-35-23-34(17-18-36(35)24-37)31-13-15-32(16-14-31)38-26-50-44(52-38)40-12-9-21-56(40)47(59)43(55(3)4)33-10-7-6-8-11-33/h6-8,10-11,13-20,23-24,26-27,29-30,40-43H,9,12,21-22,28H2,1-5H3,(H,50,52)(H,51,53)(H,54,60)/t30-,40+,41+,42?,43-/m1/s1. The monoisotopic (exact) mass is 817 g/mol. The topological polar surface area (TPSA) is 163 Å². The summed E-state index contributed by atoms with van der Waals surface area (Å²) >= 11 is 0. The Balaban J connectivity index is 0.956. The maximum atomic E-state index is 13.9. The van der Waals surface area contributed by atoms with Gasteiger partial charge < -0.3 is 29.8 Å². The summed E-state index contributed by atoms with van der Waals surface area (Å²) < 4.78 is 4.76. The van der Waals surface area contributed by atoms with Crippen LogP contribution in [0.4, 0.5) is 4.79 Å². The molecule has 61 heavy (non-hydrogen) atoms. The third-order valence-electron chi connectivity index (χ3n) is 12.1. The SMILES string of the molecule is COC(=O)NC(C(=O)N1C[C@@H](C#N)C[C@H]1c1ncc(-c2ccc3cc(-c4ccc(-c5cnc([C@@H]6CCCN6C(=O)[C@@H](c6ccccc6)N(C)C)[nH]5)cc4)ccc3c2)[nH]1)C(C)C. The average Bonchev–Trinajstić information content (AvgIpc) is 4.12. The quantitative estimate of drug-likeness (QED) is 0.118. The van der Waals surface area contributed by atoms with E-state index in [-0.39, 0.29) is 42.3 Å². The molecule has 5 atom stereocenters. The molecule has 3 N–H and O–H groups in total. The van der Waals surface area contributed by atoms with Gasteiger partial charge in [-0.15, -0.1) is 0 Å². The molecule has 0 bridgehead atoms. The Morgan fingerprint density at radius 2 is 1.41 bits per heavy atom. The number of hydrogen-bond donors (Lipinski definition) is 3. The van der Waals surface area contributed by atoms with Gasteiger partial charge in [0.25, 0.3) is 0 Å². The van der Waals surface area contributed by atoms with Crippen molar-refractivity contribution in [2.24, 2.45) is 11.8 Å². The van der Waals surface area contributed by atoms with Crippen LogP contribution in [0.2, 0.25) is 0 Å². The van der Waals surface area contributed by atoms with Crippen LogP contribution in [0.5, 0.6) is 0 Å². The van der Waals surface area contributed by atoms with Crippen LogP contribution in [-0.2, 0) is 14.3 Å².